The van der Waals surface area contributed by atoms with Gasteiger partial charge in [-0.2, -0.15) is 0 Å². The molecule has 0 bridgehead atoms. The largest absolute Gasteiger partial charge is 0.479 e. The summed E-state index contributed by atoms with van der Waals surface area (Å²) in [6.07, 6.45) is 1.01. The Morgan fingerprint density at radius 2 is 2.40 bits per heavy atom. The van der Waals surface area contributed by atoms with Gasteiger partial charge in [0.25, 0.3) is 0 Å². The number of hydrogen-bond donors (Lipinski definition) is 2. The topological polar surface area (TPSA) is 49.3 Å². The molecule has 0 rings (SSSR count). The van der Waals surface area contributed by atoms with E-state index in [4.69, 9.17) is 5.11 Å². The van der Waals surface area contributed by atoms with Crippen molar-refractivity contribution in [3.05, 3.63) is 0 Å². The van der Waals surface area contributed by atoms with Gasteiger partial charge in [0, 0.05) is 0 Å². The number of carboxylic acids is 1. The Hall–Kier alpha value is -0.220. The van der Waals surface area contributed by atoms with E-state index < -0.39 is 11.3 Å². The fraction of sp³-hybridized carbons (Fsp3) is 0.833. The summed E-state index contributed by atoms with van der Waals surface area (Å²) in [5, 5.41) is 10.8. The first-order chi connectivity index (χ1) is 4.72. The van der Waals surface area contributed by atoms with Crippen molar-refractivity contribution in [2.75, 3.05) is 12.8 Å². The fourth-order valence-electron chi connectivity index (χ4n) is 0.514. The van der Waals surface area contributed by atoms with Crippen LogP contribution in [0.25, 0.3) is 0 Å². The molecule has 1 atom stereocenters. The van der Waals surface area contributed by atoms with Gasteiger partial charge in [-0.15, -0.1) is 11.8 Å². The number of hydrogen-bond acceptors (Lipinski definition) is 3. The highest BCUT2D eigenvalue weighted by Gasteiger charge is 2.13. The number of rotatable bonds is 5. The zero-order chi connectivity index (χ0) is 7.98. The van der Waals surface area contributed by atoms with Crippen LogP contribution in [-0.2, 0) is 4.79 Å². The van der Waals surface area contributed by atoms with Crippen molar-refractivity contribution < 1.29 is 9.90 Å². The van der Waals surface area contributed by atoms with E-state index in [1.807, 2.05) is 6.92 Å². The van der Waals surface area contributed by atoms with Crippen molar-refractivity contribution in [2.24, 2.45) is 0 Å². The Bertz CT molecular complexity index is 108. The molecule has 0 radical (unpaired) electrons. The molecule has 0 saturated heterocycles. The van der Waals surface area contributed by atoms with Crippen LogP contribution in [0.15, 0.2) is 0 Å². The highest BCUT2D eigenvalue weighted by atomic mass is 32.2. The van der Waals surface area contributed by atoms with Gasteiger partial charge in [0.1, 0.15) is 0 Å². The zero-order valence-electron chi connectivity index (χ0n) is 6.26. The summed E-state index contributed by atoms with van der Waals surface area (Å²) in [5.41, 5.74) is 0. The maximum absolute atomic E-state index is 10.4. The average Bonchev–Trinajstić information content (AvgIpc) is 1.89. The molecule has 10 heavy (non-hydrogen) atoms. The summed E-state index contributed by atoms with van der Waals surface area (Å²) in [5.74, 6) is 0.0959. The van der Waals surface area contributed by atoms with E-state index in [2.05, 4.69) is 5.32 Å². The predicted octanol–water partition coefficient (Wildman–Crippen LogP) is 0.760. The first kappa shape index (κ1) is 9.78. The van der Waals surface area contributed by atoms with Crippen molar-refractivity contribution in [1.29, 1.82) is 0 Å². The number of carbonyl (C=O) groups is 1. The first-order valence-electron chi connectivity index (χ1n) is 3.24. The second-order valence-electron chi connectivity index (χ2n) is 1.88. The van der Waals surface area contributed by atoms with Crippen LogP contribution in [0.1, 0.15) is 13.3 Å². The minimum absolute atomic E-state index is 0.444. The van der Waals surface area contributed by atoms with Gasteiger partial charge in [-0.05, 0) is 19.2 Å². The zero-order valence-corrected chi connectivity index (χ0v) is 7.07. The van der Waals surface area contributed by atoms with E-state index in [-0.39, 0.29) is 0 Å². The number of aliphatic carboxylic acids is 1. The Morgan fingerprint density at radius 1 is 1.80 bits per heavy atom. The molecular formula is C6H13NO2S. The maximum Gasteiger partial charge on any atom is 0.331 e. The van der Waals surface area contributed by atoms with Gasteiger partial charge in [0.05, 0.1) is 0 Å². The van der Waals surface area contributed by atoms with Gasteiger partial charge in [0.15, 0.2) is 5.37 Å². The van der Waals surface area contributed by atoms with Gasteiger partial charge >= 0.3 is 5.97 Å². The van der Waals surface area contributed by atoms with Crippen molar-refractivity contribution in [3.8, 4) is 0 Å². The Kier molecular flexibility index (Phi) is 5.43. The van der Waals surface area contributed by atoms with Crippen LogP contribution in [0.2, 0.25) is 0 Å². The van der Waals surface area contributed by atoms with Gasteiger partial charge < -0.3 is 5.11 Å². The molecule has 0 aromatic heterocycles. The van der Waals surface area contributed by atoms with Gasteiger partial charge in [-0.1, -0.05) is 6.92 Å². The van der Waals surface area contributed by atoms with Gasteiger partial charge in [-0.3, -0.25) is 5.32 Å². The average molecular weight is 163 g/mol. The van der Waals surface area contributed by atoms with Crippen molar-refractivity contribution in [1.82, 2.24) is 5.32 Å². The number of likely N-dealkylation sites (N-methyl/N-ethyl adjacent to an activating group) is 1. The third-order valence-electron chi connectivity index (χ3n) is 0.975. The lowest BCUT2D eigenvalue weighted by molar-refractivity contribution is -0.136. The first-order valence-corrected chi connectivity index (χ1v) is 4.29. The summed E-state index contributed by atoms with van der Waals surface area (Å²) in [6.45, 7) is 2.03. The van der Waals surface area contributed by atoms with Crippen molar-refractivity contribution >= 4 is 17.7 Å². The van der Waals surface area contributed by atoms with E-state index in [0.717, 1.165) is 12.2 Å². The van der Waals surface area contributed by atoms with Gasteiger partial charge in [0.2, 0.25) is 0 Å². The molecule has 60 valence electrons. The summed E-state index contributed by atoms with van der Waals surface area (Å²) in [7, 11) is 1.65. The maximum atomic E-state index is 10.4. The molecule has 0 aliphatic heterocycles. The molecular weight excluding hydrogens is 150 g/mol. The Labute approximate surface area is 65.2 Å². The highest BCUT2D eigenvalue weighted by molar-refractivity contribution is 8.00. The molecule has 0 aliphatic carbocycles. The standard InChI is InChI=1S/C6H13NO2S/c1-3-4-10-5(7-2)6(8)9/h5,7H,3-4H2,1-2H3,(H,8,9). The van der Waals surface area contributed by atoms with Crippen LogP contribution >= 0.6 is 11.8 Å². The van der Waals surface area contributed by atoms with Crippen LogP contribution in [0.4, 0.5) is 0 Å². The third-order valence-corrected chi connectivity index (χ3v) is 2.39. The SMILES string of the molecule is CCCSC(NC)C(=O)O. The molecule has 0 amide bonds. The lowest BCUT2D eigenvalue weighted by Gasteiger charge is -2.08. The second-order valence-corrected chi connectivity index (χ2v) is 3.09. The van der Waals surface area contributed by atoms with Crippen molar-refractivity contribution in [3.63, 3.8) is 0 Å². The predicted molar refractivity (Wildman–Crippen MR) is 43.2 cm³/mol. The summed E-state index contributed by atoms with van der Waals surface area (Å²) in [6, 6.07) is 0. The molecule has 0 heterocycles. The highest BCUT2D eigenvalue weighted by Crippen LogP contribution is 2.08. The quantitative estimate of drug-likeness (QED) is 0.587. The minimum Gasteiger partial charge on any atom is -0.479 e. The smallest absolute Gasteiger partial charge is 0.331 e. The Balaban J connectivity index is 3.50. The number of thioether (sulfide) groups is 1. The van der Waals surface area contributed by atoms with Crippen molar-refractivity contribution in [2.45, 2.75) is 18.7 Å². The molecule has 0 aromatic carbocycles. The third kappa shape index (κ3) is 3.74. The molecule has 4 heteroatoms. The molecule has 0 aliphatic rings. The minimum atomic E-state index is -0.791. The lowest BCUT2D eigenvalue weighted by atomic mass is 10.6. The molecule has 0 saturated carbocycles. The fourth-order valence-corrected chi connectivity index (χ4v) is 1.29. The normalized spacial score (nSPS) is 13.0. The number of carboxylic acid groups (broad SMARTS) is 1. The van der Waals surface area contributed by atoms with Crippen LogP contribution in [0.5, 0.6) is 0 Å². The summed E-state index contributed by atoms with van der Waals surface area (Å²) in [4.78, 5) is 10.4. The van der Waals surface area contributed by atoms with E-state index >= 15 is 0 Å². The molecule has 1 unspecified atom stereocenters. The molecule has 3 nitrogen and oxygen atoms in total. The summed E-state index contributed by atoms with van der Waals surface area (Å²) >= 11 is 1.42. The molecule has 0 fully saturated rings. The van der Waals surface area contributed by atoms with Crippen LogP contribution in [0, 0.1) is 0 Å². The second kappa shape index (κ2) is 5.56. The van der Waals surface area contributed by atoms with Crippen LogP contribution in [-0.4, -0.2) is 29.3 Å². The van der Waals surface area contributed by atoms with Crippen LogP contribution < -0.4 is 5.32 Å². The Morgan fingerprint density at radius 3 is 2.70 bits per heavy atom. The van der Waals surface area contributed by atoms with Crippen LogP contribution in [0.3, 0.4) is 0 Å². The number of nitrogens with one attached hydrogen (secondary N) is 1. The summed E-state index contributed by atoms with van der Waals surface area (Å²) < 4.78 is 0. The van der Waals surface area contributed by atoms with E-state index in [1.54, 1.807) is 7.05 Å². The van der Waals surface area contributed by atoms with E-state index in [9.17, 15) is 4.79 Å². The molecule has 0 spiro atoms. The lowest BCUT2D eigenvalue weighted by Crippen LogP contribution is -2.30. The monoisotopic (exact) mass is 163 g/mol. The molecule has 2 N–H and O–H groups in total. The molecule has 0 aromatic rings. The van der Waals surface area contributed by atoms with Gasteiger partial charge in [-0.25, -0.2) is 4.79 Å². The van der Waals surface area contributed by atoms with E-state index in [0.29, 0.717) is 0 Å². The van der Waals surface area contributed by atoms with E-state index in [1.165, 1.54) is 11.8 Å².